The second-order valence-corrected chi connectivity index (χ2v) is 7.34. The van der Waals surface area contributed by atoms with Gasteiger partial charge < -0.3 is 9.47 Å². The number of methoxy groups -OCH3 is 1. The molecule has 1 unspecified atom stereocenters. The molecule has 3 rings (SSSR count). The van der Waals surface area contributed by atoms with Crippen molar-refractivity contribution in [2.75, 3.05) is 7.11 Å². The maximum absolute atomic E-state index is 14.6. The third kappa shape index (κ3) is 3.43. The summed E-state index contributed by atoms with van der Waals surface area (Å²) in [6.07, 6.45) is 2.37. The monoisotopic (exact) mass is 380 g/mol. The Kier molecular flexibility index (Phi) is 5.23. The fourth-order valence-electron chi connectivity index (χ4n) is 3.22. The van der Waals surface area contributed by atoms with Gasteiger partial charge in [-0.3, -0.25) is 0 Å². The van der Waals surface area contributed by atoms with E-state index in [0.717, 1.165) is 36.6 Å². The number of aromatic nitrogens is 2. The van der Waals surface area contributed by atoms with Crippen LogP contribution in [0.1, 0.15) is 48.8 Å². The van der Waals surface area contributed by atoms with Crippen LogP contribution in [0.4, 0.5) is 4.39 Å². The minimum atomic E-state index is -0.601. The van der Waals surface area contributed by atoms with Crippen LogP contribution in [0, 0.1) is 11.7 Å². The number of hydrogen-bond acceptors (Lipinski definition) is 4. The number of carbonyl (C=O) groups is 1. The van der Waals surface area contributed by atoms with E-state index in [1.165, 1.54) is 17.9 Å². The van der Waals surface area contributed by atoms with E-state index in [1.54, 1.807) is 13.8 Å². The van der Waals surface area contributed by atoms with Gasteiger partial charge in [0.2, 0.25) is 5.88 Å². The fraction of sp³-hybridized carbons (Fsp3) is 0.474. The Hall–Kier alpha value is -2.08. The van der Waals surface area contributed by atoms with Crippen LogP contribution in [0.15, 0.2) is 12.1 Å². The van der Waals surface area contributed by atoms with Gasteiger partial charge in [-0.2, -0.15) is 9.78 Å². The number of nitrogens with zero attached hydrogens (tertiary/aromatic N) is 2. The molecule has 0 bridgehead atoms. The first-order chi connectivity index (χ1) is 12.3. The molecule has 0 radical (unpaired) electrons. The zero-order valence-corrected chi connectivity index (χ0v) is 16.1. The highest BCUT2D eigenvalue weighted by Crippen LogP contribution is 2.35. The minimum Gasteiger partial charge on any atom is -0.481 e. The number of esters is 1. The third-order valence-electron chi connectivity index (χ3n) is 4.47. The number of carbonyl (C=O) groups excluding carboxylic acids is 1. The van der Waals surface area contributed by atoms with Gasteiger partial charge in [0, 0.05) is 5.56 Å². The Labute approximate surface area is 157 Å². The molecule has 0 amide bonds. The summed E-state index contributed by atoms with van der Waals surface area (Å²) in [5, 5.41) is 4.54. The molecule has 1 aliphatic rings. The van der Waals surface area contributed by atoms with E-state index in [-0.39, 0.29) is 22.4 Å². The van der Waals surface area contributed by atoms with Crippen molar-refractivity contribution in [3.05, 3.63) is 39.8 Å². The van der Waals surface area contributed by atoms with Crippen molar-refractivity contribution < 1.29 is 18.7 Å². The van der Waals surface area contributed by atoms with Crippen LogP contribution >= 0.6 is 11.6 Å². The van der Waals surface area contributed by atoms with Crippen molar-refractivity contribution in [3.63, 3.8) is 0 Å². The van der Waals surface area contributed by atoms with E-state index in [0.29, 0.717) is 11.8 Å². The van der Waals surface area contributed by atoms with Crippen LogP contribution in [-0.4, -0.2) is 29.0 Å². The number of halogens is 2. The second kappa shape index (κ2) is 7.27. The summed E-state index contributed by atoms with van der Waals surface area (Å²) in [5.74, 6) is -0.172. The number of rotatable bonds is 4. The average molecular weight is 381 g/mol. The molecule has 0 N–H and O–H groups in total. The lowest BCUT2D eigenvalue weighted by atomic mass is 9.89. The summed E-state index contributed by atoms with van der Waals surface area (Å²) in [4.78, 5) is 12.3. The molecule has 1 aromatic heterocycles. The van der Waals surface area contributed by atoms with Crippen molar-refractivity contribution in [3.8, 4) is 11.6 Å². The smallest absolute Gasteiger partial charge is 0.339 e. The SMILES string of the molecule is COc1c2c(nn1-c1cc(C(=O)OC(C)C)c(Cl)cc1F)CCC(C)C2. The Morgan fingerprint density at radius 2 is 2.15 bits per heavy atom. The van der Waals surface area contributed by atoms with Gasteiger partial charge in [0.15, 0.2) is 5.82 Å². The molecule has 0 saturated carbocycles. The Bertz CT molecular complexity index is 848. The number of ether oxygens (including phenoxy) is 2. The van der Waals surface area contributed by atoms with E-state index in [4.69, 9.17) is 21.1 Å². The number of hydrogen-bond donors (Lipinski definition) is 0. The largest absolute Gasteiger partial charge is 0.481 e. The van der Waals surface area contributed by atoms with Gasteiger partial charge in [0.05, 0.1) is 29.5 Å². The highest BCUT2D eigenvalue weighted by Gasteiger charge is 2.27. The van der Waals surface area contributed by atoms with E-state index in [2.05, 4.69) is 12.0 Å². The first-order valence-corrected chi connectivity index (χ1v) is 9.04. The van der Waals surface area contributed by atoms with Gasteiger partial charge in [-0.25, -0.2) is 9.18 Å². The average Bonchev–Trinajstić information content (AvgIpc) is 2.91. The molecule has 140 valence electrons. The van der Waals surface area contributed by atoms with Crippen LogP contribution in [-0.2, 0) is 17.6 Å². The zero-order valence-electron chi connectivity index (χ0n) is 15.3. The normalized spacial score (nSPS) is 16.5. The predicted molar refractivity (Wildman–Crippen MR) is 96.8 cm³/mol. The van der Waals surface area contributed by atoms with E-state index < -0.39 is 11.8 Å². The van der Waals surface area contributed by atoms with Crippen molar-refractivity contribution in [2.24, 2.45) is 5.92 Å². The zero-order chi connectivity index (χ0) is 19.0. The molecule has 26 heavy (non-hydrogen) atoms. The van der Waals surface area contributed by atoms with E-state index in [1.807, 2.05) is 0 Å². The van der Waals surface area contributed by atoms with E-state index in [9.17, 15) is 9.18 Å². The topological polar surface area (TPSA) is 53.4 Å². The molecule has 2 aromatic rings. The van der Waals surface area contributed by atoms with Crippen LogP contribution in [0.3, 0.4) is 0 Å². The first kappa shape index (κ1) is 18.7. The molecule has 0 fully saturated rings. The molecule has 0 spiro atoms. The summed E-state index contributed by atoms with van der Waals surface area (Å²) in [6.45, 7) is 5.65. The fourth-order valence-corrected chi connectivity index (χ4v) is 3.45. The maximum atomic E-state index is 14.6. The molecular formula is C19H22ClFN2O3. The van der Waals surface area contributed by atoms with Gasteiger partial charge in [-0.05, 0) is 51.2 Å². The summed E-state index contributed by atoms with van der Waals surface area (Å²) in [7, 11) is 1.54. The van der Waals surface area contributed by atoms with Crippen molar-refractivity contribution in [1.82, 2.24) is 9.78 Å². The van der Waals surface area contributed by atoms with Crippen molar-refractivity contribution in [1.29, 1.82) is 0 Å². The highest BCUT2D eigenvalue weighted by molar-refractivity contribution is 6.33. The third-order valence-corrected chi connectivity index (χ3v) is 4.78. The van der Waals surface area contributed by atoms with Gasteiger partial charge in [-0.1, -0.05) is 18.5 Å². The lowest BCUT2D eigenvalue weighted by molar-refractivity contribution is 0.0378. The van der Waals surface area contributed by atoms with E-state index >= 15 is 0 Å². The Balaban J connectivity index is 2.11. The second-order valence-electron chi connectivity index (χ2n) is 6.93. The highest BCUT2D eigenvalue weighted by atomic mass is 35.5. The van der Waals surface area contributed by atoms with Crippen molar-refractivity contribution >= 4 is 17.6 Å². The Morgan fingerprint density at radius 1 is 1.42 bits per heavy atom. The van der Waals surface area contributed by atoms with Crippen LogP contribution < -0.4 is 4.74 Å². The maximum Gasteiger partial charge on any atom is 0.339 e. The van der Waals surface area contributed by atoms with Gasteiger partial charge in [0.1, 0.15) is 5.69 Å². The molecule has 1 atom stereocenters. The van der Waals surface area contributed by atoms with Gasteiger partial charge >= 0.3 is 5.97 Å². The van der Waals surface area contributed by atoms with Crippen molar-refractivity contribution in [2.45, 2.75) is 46.1 Å². The molecule has 0 saturated heterocycles. The predicted octanol–water partition coefficient (Wildman–Crippen LogP) is 4.36. The minimum absolute atomic E-state index is 0.00130. The summed E-state index contributed by atoms with van der Waals surface area (Å²) in [6, 6.07) is 2.48. The number of benzene rings is 1. The molecule has 5 nitrogen and oxygen atoms in total. The molecule has 1 aliphatic carbocycles. The van der Waals surface area contributed by atoms with Crippen LogP contribution in [0.25, 0.3) is 5.69 Å². The van der Waals surface area contributed by atoms with Gasteiger partial charge in [-0.15, -0.1) is 0 Å². The van der Waals surface area contributed by atoms with Crippen LogP contribution in [0.2, 0.25) is 5.02 Å². The summed E-state index contributed by atoms with van der Waals surface area (Å²) in [5.41, 5.74) is 2.11. The lowest BCUT2D eigenvalue weighted by Gasteiger charge is -2.17. The van der Waals surface area contributed by atoms with Crippen LogP contribution in [0.5, 0.6) is 5.88 Å². The Morgan fingerprint density at radius 3 is 2.81 bits per heavy atom. The molecular weight excluding hydrogens is 359 g/mol. The quantitative estimate of drug-likeness (QED) is 0.739. The molecule has 1 heterocycles. The molecule has 1 aromatic carbocycles. The molecule has 0 aliphatic heterocycles. The number of aryl methyl sites for hydroxylation is 1. The first-order valence-electron chi connectivity index (χ1n) is 8.67. The lowest BCUT2D eigenvalue weighted by Crippen LogP contribution is -2.13. The number of fused-ring (bicyclic) bond motifs is 1. The summed E-state index contributed by atoms with van der Waals surface area (Å²) < 4.78 is 26.8. The van der Waals surface area contributed by atoms with Gasteiger partial charge in [0.25, 0.3) is 0 Å². The summed E-state index contributed by atoms with van der Waals surface area (Å²) >= 11 is 6.06. The molecule has 7 heteroatoms. The standard InChI is InChI=1S/C19H22ClFN2O3/c1-10(2)26-19(24)12-8-17(15(21)9-14(12)20)23-18(25-4)13-7-11(3)5-6-16(13)22-23/h8-11H,5-7H2,1-4H3.